The van der Waals surface area contributed by atoms with Crippen LogP contribution in [-0.2, 0) is 25.5 Å². The monoisotopic (exact) mass is 319 g/mol. The standard InChI is InChI=1S/C18H25NO4/c1-22-18(21)9-5-8-17(20)19-12-13-23-16(14-19)11-10-15-6-3-2-4-7-15/h2-4,6-7,16H,5,8-14H2,1H3/t16-/m1/s1. The van der Waals surface area contributed by atoms with Gasteiger partial charge in [0.15, 0.2) is 0 Å². The van der Waals surface area contributed by atoms with Gasteiger partial charge in [0.05, 0.1) is 19.8 Å². The van der Waals surface area contributed by atoms with Crippen LogP contribution in [0.15, 0.2) is 30.3 Å². The van der Waals surface area contributed by atoms with Crippen LogP contribution in [0.5, 0.6) is 0 Å². The quantitative estimate of drug-likeness (QED) is 0.723. The molecule has 1 amide bonds. The van der Waals surface area contributed by atoms with E-state index >= 15 is 0 Å². The van der Waals surface area contributed by atoms with E-state index in [1.807, 2.05) is 23.1 Å². The fraction of sp³-hybridized carbons (Fsp3) is 0.556. The average molecular weight is 319 g/mol. The highest BCUT2D eigenvalue weighted by Gasteiger charge is 2.23. The van der Waals surface area contributed by atoms with Crippen molar-refractivity contribution in [1.29, 1.82) is 0 Å². The van der Waals surface area contributed by atoms with Gasteiger partial charge in [-0.3, -0.25) is 9.59 Å². The number of methoxy groups -OCH3 is 1. The van der Waals surface area contributed by atoms with Crippen molar-refractivity contribution < 1.29 is 19.1 Å². The van der Waals surface area contributed by atoms with Crippen molar-refractivity contribution in [2.75, 3.05) is 26.8 Å². The van der Waals surface area contributed by atoms with Crippen molar-refractivity contribution in [3.05, 3.63) is 35.9 Å². The summed E-state index contributed by atoms with van der Waals surface area (Å²) in [4.78, 5) is 25.1. The SMILES string of the molecule is COC(=O)CCCC(=O)N1CCO[C@H](CCc2ccccc2)C1. The number of morpholine rings is 1. The van der Waals surface area contributed by atoms with Gasteiger partial charge in [-0.15, -0.1) is 0 Å². The van der Waals surface area contributed by atoms with E-state index in [-0.39, 0.29) is 18.0 Å². The number of benzene rings is 1. The van der Waals surface area contributed by atoms with Crippen LogP contribution in [-0.4, -0.2) is 49.7 Å². The number of rotatable bonds is 7. The molecule has 1 aromatic carbocycles. The number of ether oxygens (including phenoxy) is 2. The Kier molecular flexibility index (Phi) is 7.07. The van der Waals surface area contributed by atoms with Gasteiger partial charge in [-0.2, -0.15) is 0 Å². The van der Waals surface area contributed by atoms with Crippen molar-refractivity contribution in [2.45, 2.75) is 38.2 Å². The summed E-state index contributed by atoms with van der Waals surface area (Å²) in [6.07, 6.45) is 3.18. The van der Waals surface area contributed by atoms with Gasteiger partial charge < -0.3 is 14.4 Å². The summed E-state index contributed by atoms with van der Waals surface area (Å²) in [5.41, 5.74) is 1.29. The summed E-state index contributed by atoms with van der Waals surface area (Å²) in [6, 6.07) is 10.3. The second kappa shape index (κ2) is 9.30. The predicted octanol–water partition coefficient (Wildman–Crippen LogP) is 2.19. The largest absolute Gasteiger partial charge is 0.469 e. The van der Waals surface area contributed by atoms with E-state index in [9.17, 15) is 9.59 Å². The molecule has 1 aliphatic heterocycles. The zero-order valence-corrected chi connectivity index (χ0v) is 13.7. The summed E-state index contributed by atoms with van der Waals surface area (Å²) in [5, 5.41) is 0. The van der Waals surface area contributed by atoms with Crippen LogP contribution in [0.1, 0.15) is 31.2 Å². The molecule has 0 aliphatic carbocycles. The molecule has 0 aromatic heterocycles. The maximum absolute atomic E-state index is 12.2. The summed E-state index contributed by atoms with van der Waals surface area (Å²) >= 11 is 0. The minimum Gasteiger partial charge on any atom is -0.469 e. The molecule has 126 valence electrons. The average Bonchev–Trinajstić information content (AvgIpc) is 2.60. The molecule has 2 rings (SSSR count). The van der Waals surface area contributed by atoms with Gasteiger partial charge in [0.25, 0.3) is 0 Å². The fourth-order valence-electron chi connectivity index (χ4n) is 2.74. The van der Waals surface area contributed by atoms with Gasteiger partial charge in [-0.1, -0.05) is 30.3 Å². The second-order valence-electron chi connectivity index (χ2n) is 5.79. The summed E-state index contributed by atoms with van der Waals surface area (Å²) in [6.45, 7) is 1.87. The van der Waals surface area contributed by atoms with Crippen molar-refractivity contribution in [3.63, 3.8) is 0 Å². The van der Waals surface area contributed by atoms with Gasteiger partial charge in [0.1, 0.15) is 0 Å². The number of amides is 1. The zero-order chi connectivity index (χ0) is 16.5. The molecular formula is C18H25NO4. The van der Waals surface area contributed by atoms with Crippen LogP contribution >= 0.6 is 0 Å². The Hall–Kier alpha value is -1.88. The molecule has 1 heterocycles. The lowest BCUT2D eigenvalue weighted by atomic mass is 10.1. The number of esters is 1. The molecule has 1 atom stereocenters. The highest BCUT2D eigenvalue weighted by atomic mass is 16.5. The number of nitrogens with zero attached hydrogens (tertiary/aromatic N) is 1. The van der Waals surface area contributed by atoms with E-state index < -0.39 is 0 Å². The number of carbonyl (C=O) groups is 2. The van der Waals surface area contributed by atoms with Crippen LogP contribution in [0.4, 0.5) is 0 Å². The number of hydrogen-bond acceptors (Lipinski definition) is 4. The third-order valence-electron chi connectivity index (χ3n) is 4.09. The molecule has 1 fully saturated rings. The Morgan fingerprint density at radius 3 is 2.78 bits per heavy atom. The molecule has 0 unspecified atom stereocenters. The maximum atomic E-state index is 12.2. The first-order chi connectivity index (χ1) is 11.2. The van der Waals surface area contributed by atoms with E-state index in [0.717, 1.165) is 12.8 Å². The van der Waals surface area contributed by atoms with Gasteiger partial charge in [-0.05, 0) is 24.8 Å². The molecule has 1 saturated heterocycles. The maximum Gasteiger partial charge on any atom is 0.305 e. The normalized spacial score (nSPS) is 17.8. The van der Waals surface area contributed by atoms with Crippen molar-refractivity contribution in [2.24, 2.45) is 0 Å². The van der Waals surface area contributed by atoms with E-state index in [1.54, 1.807) is 0 Å². The molecule has 5 nitrogen and oxygen atoms in total. The minimum atomic E-state index is -0.263. The Bertz CT molecular complexity index is 503. The Morgan fingerprint density at radius 2 is 2.04 bits per heavy atom. The predicted molar refractivity (Wildman–Crippen MR) is 87.0 cm³/mol. The highest BCUT2D eigenvalue weighted by molar-refractivity contribution is 5.77. The molecule has 1 aliphatic rings. The fourth-order valence-corrected chi connectivity index (χ4v) is 2.74. The van der Waals surface area contributed by atoms with Crippen molar-refractivity contribution in [3.8, 4) is 0 Å². The Balaban J connectivity index is 1.72. The van der Waals surface area contributed by atoms with Crippen molar-refractivity contribution >= 4 is 11.9 Å². The van der Waals surface area contributed by atoms with Crippen LogP contribution in [0.3, 0.4) is 0 Å². The number of aryl methyl sites for hydroxylation is 1. The molecule has 1 aromatic rings. The van der Waals surface area contributed by atoms with E-state index in [0.29, 0.717) is 39.0 Å². The topological polar surface area (TPSA) is 55.8 Å². The minimum absolute atomic E-state index is 0.0912. The van der Waals surface area contributed by atoms with Gasteiger partial charge in [0, 0.05) is 25.9 Å². The smallest absolute Gasteiger partial charge is 0.305 e. The van der Waals surface area contributed by atoms with Crippen LogP contribution < -0.4 is 0 Å². The van der Waals surface area contributed by atoms with Crippen LogP contribution in [0.2, 0.25) is 0 Å². The lowest BCUT2D eigenvalue weighted by molar-refractivity contribution is -0.141. The molecule has 0 spiro atoms. The second-order valence-corrected chi connectivity index (χ2v) is 5.79. The Morgan fingerprint density at radius 1 is 1.26 bits per heavy atom. The summed E-state index contributed by atoms with van der Waals surface area (Å²) in [7, 11) is 1.36. The lowest BCUT2D eigenvalue weighted by Gasteiger charge is -2.33. The van der Waals surface area contributed by atoms with Crippen LogP contribution in [0, 0.1) is 0 Å². The molecule has 23 heavy (non-hydrogen) atoms. The molecule has 0 saturated carbocycles. The van der Waals surface area contributed by atoms with Gasteiger partial charge >= 0.3 is 5.97 Å². The number of carbonyl (C=O) groups excluding carboxylic acids is 2. The first kappa shape index (κ1) is 17.5. The molecule has 0 radical (unpaired) electrons. The first-order valence-electron chi connectivity index (χ1n) is 8.19. The lowest BCUT2D eigenvalue weighted by Crippen LogP contribution is -2.45. The summed E-state index contributed by atoms with van der Waals surface area (Å²) < 4.78 is 10.4. The molecule has 0 bridgehead atoms. The molecule has 5 heteroatoms. The Labute approximate surface area is 137 Å². The van der Waals surface area contributed by atoms with Gasteiger partial charge in [-0.25, -0.2) is 0 Å². The van der Waals surface area contributed by atoms with E-state index in [4.69, 9.17) is 4.74 Å². The van der Waals surface area contributed by atoms with E-state index in [1.165, 1.54) is 12.7 Å². The number of hydrogen-bond donors (Lipinski definition) is 0. The van der Waals surface area contributed by atoms with Crippen molar-refractivity contribution in [1.82, 2.24) is 4.90 Å². The highest BCUT2D eigenvalue weighted by Crippen LogP contribution is 2.14. The third-order valence-corrected chi connectivity index (χ3v) is 4.09. The third kappa shape index (κ3) is 6.02. The molecular weight excluding hydrogens is 294 g/mol. The van der Waals surface area contributed by atoms with Crippen LogP contribution in [0.25, 0.3) is 0 Å². The first-order valence-corrected chi connectivity index (χ1v) is 8.19. The van der Waals surface area contributed by atoms with Gasteiger partial charge in [0.2, 0.25) is 5.91 Å². The zero-order valence-electron chi connectivity index (χ0n) is 13.7. The molecule has 0 N–H and O–H groups in total. The summed E-state index contributed by atoms with van der Waals surface area (Å²) in [5.74, 6) is -0.164. The van der Waals surface area contributed by atoms with E-state index in [2.05, 4.69) is 16.9 Å².